The number of aliphatic hydroxyl groups excluding tert-OH is 1. The Kier molecular flexibility index (Phi) is 8.02. The molecule has 0 unspecified atom stereocenters. The molecule has 4 N–H and O–H groups in total. The standard InChI is InChI=1S/C35H36N6O5/c1-21-27(18-30(33(43)38-21)39-32-10-8-24(19-37-32)34(44)40-13-15-46-16-14-40)25-3-2-4-31(28(25)20-42)41-12-11-36-29-17-23(22-5-6-22)7-9-26(29)35(41)45/h2-4,7-10,17-19,22,36,42H,5-6,11-16,20H2,1H3,(H,37,39)(H,38,43). The number of anilines is 4. The highest BCUT2D eigenvalue weighted by Crippen LogP contribution is 2.42. The Labute approximate surface area is 266 Å². The zero-order chi connectivity index (χ0) is 31.8. The third kappa shape index (κ3) is 5.75. The van der Waals surface area contributed by atoms with Crippen LogP contribution in [0, 0.1) is 6.92 Å². The van der Waals surface area contributed by atoms with Gasteiger partial charge in [0.2, 0.25) is 0 Å². The molecule has 11 nitrogen and oxygen atoms in total. The summed E-state index contributed by atoms with van der Waals surface area (Å²) in [5, 5.41) is 17.2. The van der Waals surface area contributed by atoms with Crippen molar-refractivity contribution in [1.29, 1.82) is 0 Å². The number of aromatic amines is 1. The van der Waals surface area contributed by atoms with Crippen molar-refractivity contribution in [2.45, 2.75) is 32.3 Å². The number of carbonyl (C=O) groups is 2. The van der Waals surface area contributed by atoms with Crippen molar-refractivity contribution in [1.82, 2.24) is 14.9 Å². The van der Waals surface area contributed by atoms with E-state index in [9.17, 15) is 19.5 Å². The van der Waals surface area contributed by atoms with Gasteiger partial charge in [-0.05, 0) is 73.2 Å². The predicted octanol–water partition coefficient (Wildman–Crippen LogP) is 4.40. The summed E-state index contributed by atoms with van der Waals surface area (Å²) in [6.45, 7) is 4.58. The molecule has 0 spiro atoms. The number of hydrogen-bond acceptors (Lipinski definition) is 8. The minimum absolute atomic E-state index is 0.112. The normalized spacial score (nSPS) is 16.4. The number of nitrogens with one attached hydrogen (secondary N) is 3. The zero-order valence-electron chi connectivity index (χ0n) is 25.6. The van der Waals surface area contributed by atoms with Crippen LogP contribution in [0.1, 0.15) is 56.3 Å². The van der Waals surface area contributed by atoms with Crippen LogP contribution in [0.4, 0.5) is 22.9 Å². The highest BCUT2D eigenvalue weighted by atomic mass is 16.5. The second kappa shape index (κ2) is 12.4. The Bertz CT molecular complexity index is 1860. The molecule has 0 bridgehead atoms. The van der Waals surface area contributed by atoms with E-state index in [4.69, 9.17) is 4.74 Å². The number of carbonyl (C=O) groups excluding carboxylic acids is 2. The number of morpholine rings is 1. The molecule has 236 valence electrons. The van der Waals surface area contributed by atoms with Crippen LogP contribution in [-0.4, -0.2) is 71.2 Å². The second-order valence-corrected chi connectivity index (χ2v) is 11.9. The minimum atomic E-state index is -0.339. The molecule has 2 aliphatic heterocycles. The molecule has 4 aromatic rings. The minimum Gasteiger partial charge on any atom is -0.392 e. The van der Waals surface area contributed by atoms with E-state index in [0.29, 0.717) is 90.3 Å². The van der Waals surface area contributed by atoms with Crippen LogP contribution in [-0.2, 0) is 11.3 Å². The number of hydrogen-bond donors (Lipinski definition) is 4. The summed E-state index contributed by atoms with van der Waals surface area (Å²) in [6.07, 6.45) is 3.87. The first-order valence-electron chi connectivity index (χ1n) is 15.7. The van der Waals surface area contributed by atoms with E-state index in [2.05, 4.69) is 26.7 Å². The van der Waals surface area contributed by atoms with Gasteiger partial charge < -0.3 is 35.3 Å². The number of aryl methyl sites for hydroxylation is 1. The lowest BCUT2D eigenvalue weighted by Crippen LogP contribution is -2.40. The molecule has 4 heterocycles. The summed E-state index contributed by atoms with van der Waals surface area (Å²) >= 11 is 0. The first-order chi connectivity index (χ1) is 22.4. The van der Waals surface area contributed by atoms with Crippen molar-refractivity contribution in [3.8, 4) is 11.1 Å². The van der Waals surface area contributed by atoms with Crippen LogP contribution in [0.3, 0.4) is 0 Å². The number of fused-ring (bicyclic) bond motifs is 1. The van der Waals surface area contributed by atoms with Gasteiger partial charge in [0.1, 0.15) is 11.5 Å². The SMILES string of the molecule is Cc1[nH]c(=O)c(Nc2ccc(C(=O)N3CCOCC3)cn2)cc1-c1cccc(N2CCNc3cc(C4CC4)ccc3C2=O)c1CO. The summed E-state index contributed by atoms with van der Waals surface area (Å²) in [4.78, 5) is 50.5. The Balaban J connectivity index is 1.17. The maximum Gasteiger partial charge on any atom is 0.271 e. The van der Waals surface area contributed by atoms with Gasteiger partial charge in [-0.1, -0.05) is 18.2 Å². The average molecular weight is 621 g/mol. The van der Waals surface area contributed by atoms with Crippen molar-refractivity contribution < 1.29 is 19.4 Å². The average Bonchev–Trinajstić information content (AvgIpc) is 3.95. The van der Waals surface area contributed by atoms with E-state index in [0.717, 1.165) is 5.69 Å². The second-order valence-electron chi connectivity index (χ2n) is 11.9. The van der Waals surface area contributed by atoms with E-state index in [1.807, 2.05) is 30.3 Å². The van der Waals surface area contributed by atoms with Crippen molar-refractivity contribution in [3.63, 3.8) is 0 Å². The molecule has 3 aliphatic rings. The monoisotopic (exact) mass is 620 g/mol. The lowest BCUT2D eigenvalue weighted by atomic mass is 9.96. The van der Waals surface area contributed by atoms with Gasteiger partial charge >= 0.3 is 0 Å². The fourth-order valence-electron chi connectivity index (χ4n) is 6.27. The van der Waals surface area contributed by atoms with E-state index in [1.54, 1.807) is 34.9 Å². The summed E-state index contributed by atoms with van der Waals surface area (Å²) in [5.74, 6) is 0.746. The van der Waals surface area contributed by atoms with Crippen molar-refractivity contribution in [3.05, 3.63) is 99.1 Å². The molecule has 1 saturated heterocycles. The van der Waals surface area contributed by atoms with Crippen molar-refractivity contribution in [2.75, 3.05) is 54.9 Å². The Morgan fingerprint density at radius 3 is 2.59 bits per heavy atom. The predicted molar refractivity (Wildman–Crippen MR) is 176 cm³/mol. The Morgan fingerprint density at radius 1 is 1.02 bits per heavy atom. The Hall–Kier alpha value is -5.00. The summed E-state index contributed by atoms with van der Waals surface area (Å²) < 4.78 is 5.33. The smallest absolute Gasteiger partial charge is 0.271 e. The van der Waals surface area contributed by atoms with Crippen LogP contribution < -0.4 is 21.1 Å². The maximum absolute atomic E-state index is 13.9. The molecule has 1 saturated carbocycles. The molecule has 11 heteroatoms. The summed E-state index contributed by atoms with van der Waals surface area (Å²) in [5.41, 5.74) is 6.30. The highest BCUT2D eigenvalue weighted by Gasteiger charge is 2.29. The first kappa shape index (κ1) is 29.7. The fraction of sp³-hybridized carbons (Fsp3) is 0.314. The molecule has 2 fully saturated rings. The molecule has 0 radical (unpaired) electrons. The zero-order valence-corrected chi connectivity index (χ0v) is 25.6. The molecular formula is C35H36N6O5. The fourth-order valence-corrected chi connectivity index (χ4v) is 6.27. The van der Waals surface area contributed by atoms with Crippen LogP contribution in [0.15, 0.2) is 65.6 Å². The number of pyridine rings is 2. The largest absolute Gasteiger partial charge is 0.392 e. The lowest BCUT2D eigenvalue weighted by molar-refractivity contribution is 0.0302. The molecular weight excluding hydrogens is 584 g/mol. The van der Waals surface area contributed by atoms with Crippen LogP contribution in [0.2, 0.25) is 0 Å². The Morgan fingerprint density at radius 2 is 1.85 bits per heavy atom. The van der Waals surface area contributed by atoms with Crippen LogP contribution in [0.5, 0.6) is 0 Å². The number of rotatable bonds is 7. The van der Waals surface area contributed by atoms with E-state index < -0.39 is 0 Å². The third-order valence-electron chi connectivity index (χ3n) is 8.92. The number of nitrogens with zero attached hydrogens (tertiary/aromatic N) is 3. The molecule has 2 amide bonds. The van der Waals surface area contributed by atoms with Gasteiger partial charge in [0.05, 0.1) is 36.6 Å². The van der Waals surface area contributed by atoms with Gasteiger partial charge in [0.25, 0.3) is 17.4 Å². The number of ether oxygens (including phenoxy) is 1. The van der Waals surface area contributed by atoms with Gasteiger partial charge in [-0.3, -0.25) is 14.4 Å². The lowest BCUT2D eigenvalue weighted by Gasteiger charge is -2.26. The first-order valence-corrected chi connectivity index (χ1v) is 15.7. The van der Waals surface area contributed by atoms with Crippen molar-refractivity contribution in [2.24, 2.45) is 0 Å². The number of aliphatic hydroxyl groups is 1. The molecule has 7 rings (SSSR count). The van der Waals surface area contributed by atoms with Crippen molar-refractivity contribution >= 4 is 34.7 Å². The number of amides is 2. The van der Waals surface area contributed by atoms with E-state index in [1.165, 1.54) is 24.6 Å². The topological polar surface area (TPSA) is 140 Å². The molecule has 46 heavy (non-hydrogen) atoms. The van der Waals surface area contributed by atoms with Gasteiger partial charge in [0, 0.05) is 54.9 Å². The number of benzene rings is 2. The van der Waals surface area contributed by atoms with Crippen LogP contribution in [0.25, 0.3) is 11.1 Å². The summed E-state index contributed by atoms with van der Waals surface area (Å²) in [6, 6.07) is 16.7. The number of H-pyrrole nitrogens is 1. The quantitative estimate of drug-likeness (QED) is 0.238. The maximum atomic E-state index is 13.9. The van der Waals surface area contributed by atoms with E-state index >= 15 is 0 Å². The van der Waals surface area contributed by atoms with Gasteiger partial charge in [0.15, 0.2) is 0 Å². The molecule has 1 aliphatic carbocycles. The third-order valence-corrected chi connectivity index (χ3v) is 8.92. The molecule has 0 atom stereocenters. The van der Waals surface area contributed by atoms with Gasteiger partial charge in [-0.2, -0.15) is 0 Å². The summed E-state index contributed by atoms with van der Waals surface area (Å²) in [7, 11) is 0. The molecule has 2 aromatic heterocycles. The van der Waals surface area contributed by atoms with Gasteiger partial charge in [-0.25, -0.2) is 4.98 Å². The van der Waals surface area contributed by atoms with Crippen LogP contribution >= 0.6 is 0 Å². The molecule has 2 aromatic carbocycles. The number of aromatic nitrogens is 2. The van der Waals surface area contributed by atoms with E-state index in [-0.39, 0.29) is 29.7 Å². The van der Waals surface area contributed by atoms with Gasteiger partial charge in [-0.15, -0.1) is 0 Å². The highest BCUT2D eigenvalue weighted by molar-refractivity contribution is 6.11.